The number of hydrogen-bond donors (Lipinski definition) is 0. The normalized spacial score (nSPS) is 15.8. The lowest BCUT2D eigenvalue weighted by molar-refractivity contribution is 0.789. The minimum Gasteiger partial charge on any atom is -0.112 e. The number of rotatable bonds is 2. The second kappa shape index (κ2) is 4.20. The lowest BCUT2D eigenvalue weighted by Gasteiger charge is -2.23. The van der Waals surface area contributed by atoms with Gasteiger partial charge in [0, 0.05) is 0 Å². The van der Waals surface area contributed by atoms with Crippen LogP contribution in [0, 0.1) is 0 Å². The molecule has 0 rings (SSSR count). The summed E-state index contributed by atoms with van der Waals surface area (Å²) < 4.78 is 0. The third kappa shape index (κ3) is 10.9. The van der Waals surface area contributed by atoms with E-state index in [1.165, 1.54) is 5.90 Å². The molecule has 2 unspecified atom stereocenters. The van der Waals surface area contributed by atoms with Crippen LogP contribution in [0.3, 0.4) is 0 Å². The van der Waals surface area contributed by atoms with Crippen molar-refractivity contribution in [3.8, 4) is 0 Å². The van der Waals surface area contributed by atoms with Crippen molar-refractivity contribution >= 4 is 17.2 Å². The van der Waals surface area contributed by atoms with Gasteiger partial charge >= 0.3 is 0 Å². The van der Waals surface area contributed by atoms with E-state index in [-0.39, 0.29) is 0 Å². The van der Waals surface area contributed by atoms with Crippen LogP contribution >= 0.6 is 17.2 Å². The molecule has 0 aliphatic rings. The molecule has 0 aromatic heterocycles. The van der Waals surface area contributed by atoms with E-state index in [2.05, 4.69) is 41.5 Å². The average molecular weight is 192 g/mol. The molecule has 0 bridgehead atoms. The molecule has 0 saturated carbocycles. The van der Waals surface area contributed by atoms with E-state index in [1.807, 2.05) is 0 Å². The summed E-state index contributed by atoms with van der Waals surface area (Å²) in [6.45, 7) is 14.0. The Hall–Kier alpha value is 0.860. The van der Waals surface area contributed by atoms with E-state index in [0.717, 1.165) is 17.2 Å². The van der Waals surface area contributed by atoms with Gasteiger partial charge in [0.15, 0.2) is 0 Å². The average Bonchev–Trinajstić information content (AvgIpc) is 1.55. The van der Waals surface area contributed by atoms with Crippen LogP contribution in [0.25, 0.3) is 0 Å². The Morgan fingerprint density at radius 3 is 1.18 bits per heavy atom. The molecule has 0 spiro atoms. The van der Waals surface area contributed by atoms with Gasteiger partial charge in [-0.2, -0.15) is 0 Å². The van der Waals surface area contributed by atoms with Crippen molar-refractivity contribution in [2.45, 2.75) is 51.9 Å². The summed E-state index contributed by atoms with van der Waals surface area (Å²) in [7, 11) is 2.25. The zero-order chi connectivity index (χ0) is 9.12. The molecule has 0 aromatic rings. The van der Waals surface area contributed by atoms with Crippen LogP contribution < -0.4 is 0 Å². The highest BCUT2D eigenvalue weighted by molar-refractivity contribution is 7.57. The van der Waals surface area contributed by atoms with Gasteiger partial charge in [0.25, 0.3) is 0 Å². The second-order valence-electron chi connectivity index (χ2n) is 5.03. The minimum atomic E-state index is 0.554. The van der Waals surface area contributed by atoms with E-state index < -0.39 is 0 Å². The van der Waals surface area contributed by atoms with Crippen molar-refractivity contribution in [1.29, 1.82) is 0 Å². The van der Waals surface area contributed by atoms with Crippen molar-refractivity contribution in [3.05, 3.63) is 0 Å². The third-order valence-electron chi connectivity index (χ3n) is 1.24. The quantitative estimate of drug-likeness (QED) is 0.582. The van der Waals surface area contributed by atoms with E-state index in [9.17, 15) is 0 Å². The molecule has 2 heteroatoms. The fourth-order valence-corrected chi connectivity index (χ4v) is 5.17. The van der Waals surface area contributed by atoms with Crippen LogP contribution in [-0.2, 0) is 0 Å². The highest BCUT2D eigenvalue weighted by atomic mass is 31.1. The van der Waals surface area contributed by atoms with E-state index in [4.69, 9.17) is 0 Å². The van der Waals surface area contributed by atoms with Crippen molar-refractivity contribution in [3.63, 3.8) is 0 Å². The fourth-order valence-electron chi connectivity index (χ4n) is 0.575. The Labute approximate surface area is 75.5 Å². The van der Waals surface area contributed by atoms with Gasteiger partial charge in [-0.05, 0) is 16.2 Å². The summed E-state index contributed by atoms with van der Waals surface area (Å²) in [4.78, 5) is 0. The molecule has 0 N–H and O–H groups in total. The van der Waals surface area contributed by atoms with Crippen LogP contribution in [0.1, 0.15) is 41.5 Å². The van der Waals surface area contributed by atoms with Crippen molar-refractivity contribution in [2.24, 2.45) is 0 Å². The summed E-state index contributed by atoms with van der Waals surface area (Å²) in [6, 6.07) is 0. The second-order valence-corrected chi connectivity index (χ2v) is 10.2. The first-order valence-electron chi connectivity index (χ1n) is 4.21. The molecule has 2 atom stereocenters. The number of hydrogen-bond acceptors (Lipinski definition) is 0. The molecular weight excluding hydrogens is 170 g/mol. The Bertz CT molecular complexity index is 91.7. The smallest absolute Gasteiger partial charge is 0.0166 e. The molecular formula is C9H22P2. The zero-order valence-corrected chi connectivity index (χ0v) is 10.7. The molecule has 0 nitrogen and oxygen atoms in total. The first kappa shape index (κ1) is 11.9. The molecule has 0 radical (unpaired) electrons. The highest BCUT2D eigenvalue weighted by Gasteiger charge is 2.13. The van der Waals surface area contributed by atoms with E-state index in [0.29, 0.717) is 10.3 Å². The third-order valence-corrected chi connectivity index (χ3v) is 4.77. The topological polar surface area (TPSA) is 0 Å². The molecule has 11 heavy (non-hydrogen) atoms. The summed E-state index contributed by atoms with van der Waals surface area (Å²) in [5, 5.41) is 1.11. The molecule has 0 heterocycles. The standard InChI is InChI=1S/C9H22P2/c1-8(2,3)10-7-11-9(4,5)6/h10-11H,7H2,1-6H3. The van der Waals surface area contributed by atoms with Crippen LogP contribution in [0.15, 0.2) is 0 Å². The van der Waals surface area contributed by atoms with Gasteiger partial charge in [0.05, 0.1) is 0 Å². The van der Waals surface area contributed by atoms with Gasteiger partial charge < -0.3 is 0 Å². The Kier molecular flexibility index (Phi) is 4.53. The van der Waals surface area contributed by atoms with E-state index >= 15 is 0 Å². The molecule has 0 aliphatic heterocycles. The highest BCUT2D eigenvalue weighted by Crippen LogP contribution is 2.41. The molecule has 0 amide bonds. The largest absolute Gasteiger partial charge is 0.112 e. The molecule has 0 saturated heterocycles. The van der Waals surface area contributed by atoms with Gasteiger partial charge in [-0.25, -0.2) is 0 Å². The van der Waals surface area contributed by atoms with E-state index in [1.54, 1.807) is 0 Å². The summed E-state index contributed by atoms with van der Waals surface area (Å²) in [5.41, 5.74) is 0. The first-order chi connectivity index (χ1) is 4.71. The Balaban J connectivity index is 3.44. The first-order valence-corrected chi connectivity index (χ1v) is 6.62. The maximum Gasteiger partial charge on any atom is -0.0166 e. The summed E-state index contributed by atoms with van der Waals surface area (Å²) in [5.74, 6) is 1.42. The van der Waals surface area contributed by atoms with Gasteiger partial charge in [-0.15, -0.1) is 17.2 Å². The predicted molar refractivity (Wildman–Crippen MR) is 61.0 cm³/mol. The maximum absolute atomic E-state index is 2.33. The van der Waals surface area contributed by atoms with Crippen molar-refractivity contribution in [1.82, 2.24) is 0 Å². The monoisotopic (exact) mass is 192 g/mol. The van der Waals surface area contributed by atoms with Gasteiger partial charge in [-0.1, -0.05) is 41.5 Å². The van der Waals surface area contributed by atoms with Gasteiger partial charge in [0.1, 0.15) is 0 Å². The SMILES string of the molecule is CC(C)(C)PCPC(C)(C)C. The molecule has 68 valence electrons. The van der Waals surface area contributed by atoms with Crippen LogP contribution in [0.5, 0.6) is 0 Å². The fraction of sp³-hybridized carbons (Fsp3) is 1.00. The predicted octanol–water partition coefficient (Wildman–Crippen LogP) is 3.90. The lowest BCUT2D eigenvalue weighted by Crippen LogP contribution is -2.08. The van der Waals surface area contributed by atoms with Crippen LogP contribution in [-0.4, -0.2) is 16.2 Å². The van der Waals surface area contributed by atoms with Gasteiger partial charge in [-0.3, -0.25) is 0 Å². The lowest BCUT2D eigenvalue weighted by atomic mass is 10.3. The van der Waals surface area contributed by atoms with Crippen molar-refractivity contribution in [2.75, 3.05) is 5.90 Å². The summed E-state index contributed by atoms with van der Waals surface area (Å²) >= 11 is 0. The van der Waals surface area contributed by atoms with Crippen LogP contribution in [0.4, 0.5) is 0 Å². The maximum atomic E-state index is 2.33. The van der Waals surface area contributed by atoms with Gasteiger partial charge in [0.2, 0.25) is 0 Å². The molecule has 0 aliphatic carbocycles. The Morgan fingerprint density at radius 2 is 1.00 bits per heavy atom. The molecule has 0 aromatic carbocycles. The minimum absolute atomic E-state index is 0.554. The van der Waals surface area contributed by atoms with Crippen LogP contribution in [0.2, 0.25) is 0 Å². The Morgan fingerprint density at radius 1 is 0.727 bits per heavy atom. The zero-order valence-electron chi connectivity index (χ0n) is 8.71. The molecule has 0 fully saturated rings. The van der Waals surface area contributed by atoms with Crippen molar-refractivity contribution < 1.29 is 0 Å². The summed E-state index contributed by atoms with van der Waals surface area (Å²) in [6.07, 6.45) is 0.